The Morgan fingerprint density at radius 2 is 1.66 bits per heavy atom. The Labute approximate surface area is 218 Å². The minimum Gasteiger partial charge on any atom is -0.354 e. The molecule has 0 aliphatic carbocycles. The zero-order valence-corrected chi connectivity index (χ0v) is 23.5. The Hall–Kier alpha value is -2.39. The number of hydrogen-bond acceptors (Lipinski definition) is 4. The van der Waals surface area contributed by atoms with E-state index in [1.807, 2.05) is 57.2 Å². The average Bonchev–Trinajstić information content (AvgIpc) is 2.79. The van der Waals surface area contributed by atoms with E-state index < -0.39 is 16.1 Å². The van der Waals surface area contributed by atoms with Crippen LogP contribution < -0.4 is 9.62 Å². The molecule has 192 valence electrons. The Morgan fingerprint density at radius 1 is 1.03 bits per heavy atom. The van der Waals surface area contributed by atoms with E-state index in [0.717, 1.165) is 15.6 Å². The number of anilines is 1. The second-order valence-electron chi connectivity index (χ2n) is 9.19. The molecule has 0 radical (unpaired) electrons. The molecule has 2 aromatic rings. The van der Waals surface area contributed by atoms with Crippen molar-refractivity contribution in [2.24, 2.45) is 5.92 Å². The van der Waals surface area contributed by atoms with Gasteiger partial charge in [-0.1, -0.05) is 60.1 Å². The molecular formula is C26H36BrN3O4S. The Balaban J connectivity index is 2.16. The number of halogens is 1. The largest absolute Gasteiger partial charge is 0.354 e. The summed E-state index contributed by atoms with van der Waals surface area (Å²) in [6.07, 6.45) is 1.62. The molecule has 0 saturated heterocycles. The van der Waals surface area contributed by atoms with Crippen LogP contribution in [0.4, 0.5) is 5.69 Å². The van der Waals surface area contributed by atoms with Crippen LogP contribution in [-0.4, -0.2) is 50.5 Å². The summed E-state index contributed by atoms with van der Waals surface area (Å²) in [5.41, 5.74) is 2.36. The standard InChI is InChI=1S/C26H36BrN3O4S/c1-19(2)17-28-26(32)21(4)29(18-22-12-14-23(27)15-13-22)25(31)11-8-16-30(35(5,33)34)24-10-7-6-9-20(24)3/h6-7,9-10,12-15,19,21H,8,11,16-18H2,1-5H3,(H,28,32). The number of nitrogens with zero attached hydrogens (tertiary/aromatic N) is 2. The third-order valence-electron chi connectivity index (χ3n) is 5.65. The summed E-state index contributed by atoms with van der Waals surface area (Å²) in [5, 5.41) is 2.91. The van der Waals surface area contributed by atoms with Crippen molar-refractivity contribution in [2.75, 3.05) is 23.7 Å². The van der Waals surface area contributed by atoms with Gasteiger partial charge in [-0.3, -0.25) is 13.9 Å². The first-order valence-electron chi connectivity index (χ1n) is 11.7. The molecule has 0 saturated carbocycles. The molecular weight excluding hydrogens is 530 g/mol. The van der Waals surface area contributed by atoms with E-state index in [2.05, 4.69) is 21.2 Å². The molecule has 0 fully saturated rings. The number of carbonyl (C=O) groups is 2. The SMILES string of the molecule is Cc1ccccc1N(CCCC(=O)N(Cc1ccc(Br)cc1)C(C)C(=O)NCC(C)C)S(C)(=O)=O. The number of para-hydroxylation sites is 1. The second-order valence-corrected chi connectivity index (χ2v) is 12.0. The maximum Gasteiger partial charge on any atom is 0.242 e. The molecule has 2 aromatic carbocycles. The van der Waals surface area contributed by atoms with Gasteiger partial charge < -0.3 is 10.2 Å². The molecule has 2 amide bonds. The number of carbonyl (C=O) groups excluding carboxylic acids is 2. The van der Waals surface area contributed by atoms with Crippen molar-refractivity contribution in [1.29, 1.82) is 0 Å². The molecule has 35 heavy (non-hydrogen) atoms. The molecule has 7 nitrogen and oxygen atoms in total. The number of sulfonamides is 1. The summed E-state index contributed by atoms with van der Waals surface area (Å²) in [6.45, 7) is 8.60. The van der Waals surface area contributed by atoms with Crippen molar-refractivity contribution in [3.8, 4) is 0 Å². The van der Waals surface area contributed by atoms with E-state index in [1.165, 1.54) is 10.6 Å². The molecule has 0 aliphatic rings. The van der Waals surface area contributed by atoms with Gasteiger partial charge in [0.15, 0.2) is 0 Å². The minimum atomic E-state index is -3.52. The van der Waals surface area contributed by atoms with E-state index >= 15 is 0 Å². The van der Waals surface area contributed by atoms with Crippen LogP contribution >= 0.6 is 15.9 Å². The number of benzene rings is 2. The van der Waals surface area contributed by atoms with Gasteiger partial charge in [-0.25, -0.2) is 8.42 Å². The van der Waals surface area contributed by atoms with Crippen molar-refractivity contribution in [2.45, 2.75) is 53.1 Å². The van der Waals surface area contributed by atoms with Crippen LogP contribution in [-0.2, 0) is 26.2 Å². The fourth-order valence-electron chi connectivity index (χ4n) is 3.65. The van der Waals surface area contributed by atoms with E-state index in [1.54, 1.807) is 24.0 Å². The lowest BCUT2D eigenvalue weighted by Crippen LogP contribution is -2.48. The molecule has 1 atom stereocenters. The van der Waals surface area contributed by atoms with E-state index in [4.69, 9.17) is 0 Å². The summed E-state index contributed by atoms with van der Waals surface area (Å²) in [6, 6.07) is 14.2. The Bertz CT molecular complexity index is 1100. The third-order valence-corrected chi connectivity index (χ3v) is 7.36. The van der Waals surface area contributed by atoms with E-state index in [9.17, 15) is 18.0 Å². The third kappa shape index (κ3) is 8.96. The van der Waals surface area contributed by atoms with Crippen molar-refractivity contribution < 1.29 is 18.0 Å². The van der Waals surface area contributed by atoms with Gasteiger partial charge >= 0.3 is 0 Å². The molecule has 1 unspecified atom stereocenters. The fourth-order valence-corrected chi connectivity index (χ4v) is 4.93. The van der Waals surface area contributed by atoms with E-state index in [-0.39, 0.29) is 31.3 Å². The van der Waals surface area contributed by atoms with Gasteiger partial charge in [-0.05, 0) is 55.5 Å². The molecule has 2 rings (SSSR count). The first kappa shape index (κ1) is 28.8. The van der Waals surface area contributed by atoms with Crippen LogP contribution in [0.1, 0.15) is 44.7 Å². The Morgan fingerprint density at radius 3 is 2.23 bits per heavy atom. The highest BCUT2D eigenvalue weighted by molar-refractivity contribution is 9.10. The van der Waals surface area contributed by atoms with Crippen molar-refractivity contribution in [3.63, 3.8) is 0 Å². The monoisotopic (exact) mass is 565 g/mol. The summed E-state index contributed by atoms with van der Waals surface area (Å²) in [7, 11) is -3.52. The van der Waals surface area contributed by atoms with Crippen LogP contribution in [0.3, 0.4) is 0 Å². The minimum absolute atomic E-state index is 0.121. The highest BCUT2D eigenvalue weighted by atomic mass is 79.9. The summed E-state index contributed by atoms with van der Waals surface area (Å²) < 4.78 is 27.2. The lowest BCUT2D eigenvalue weighted by molar-refractivity contribution is -0.140. The zero-order chi connectivity index (χ0) is 26.2. The maximum atomic E-state index is 13.3. The fraction of sp³-hybridized carbons (Fsp3) is 0.462. The second kappa shape index (κ2) is 13.1. The van der Waals surface area contributed by atoms with Crippen LogP contribution in [0, 0.1) is 12.8 Å². The molecule has 0 spiro atoms. The first-order chi connectivity index (χ1) is 16.4. The van der Waals surface area contributed by atoms with Crippen LogP contribution in [0.5, 0.6) is 0 Å². The van der Waals surface area contributed by atoms with Crippen molar-refractivity contribution >= 4 is 43.5 Å². The number of amides is 2. The molecule has 0 bridgehead atoms. The van der Waals surface area contributed by atoms with Gasteiger partial charge in [0.2, 0.25) is 21.8 Å². The zero-order valence-electron chi connectivity index (χ0n) is 21.1. The van der Waals surface area contributed by atoms with Gasteiger partial charge in [-0.2, -0.15) is 0 Å². The lowest BCUT2D eigenvalue weighted by Gasteiger charge is -2.30. The predicted octanol–water partition coefficient (Wildman–Crippen LogP) is 4.49. The van der Waals surface area contributed by atoms with Gasteiger partial charge in [0.1, 0.15) is 6.04 Å². The molecule has 0 aliphatic heterocycles. The number of nitrogens with one attached hydrogen (secondary N) is 1. The van der Waals surface area contributed by atoms with Gasteiger partial charge in [0.25, 0.3) is 0 Å². The molecule has 9 heteroatoms. The van der Waals surface area contributed by atoms with E-state index in [0.29, 0.717) is 24.6 Å². The summed E-state index contributed by atoms with van der Waals surface area (Å²) in [5.74, 6) is -0.106. The van der Waals surface area contributed by atoms with Crippen LogP contribution in [0.2, 0.25) is 0 Å². The van der Waals surface area contributed by atoms with Crippen molar-refractivity contribution in [1.82, 2.24) is 10.2 Å². The molecule has 0 heterocycles. The van der Waals surface area contributed by atoms with Gasteiger partial charge in [-0.15, -0.1) is 0 Å². The Kier molecular flexibility index (Phi) is 10.8. The average molecular weight is 567 g/mol. The quantitative estimate of drug-likeness (QED) is 0.410. The maximum absolute atomic E-state index is 13.3. The highest BCUT2D eigenvalue weighted by Gasteiger charge is 2.27. The highest BCUT2D eigenvalue weighted by Crippen LogP contribution is 2.23. The summed E-state index contributed by atoms with van der Waals surface area (Å²) in [4.78, 5) is 27.6. The van der Waals surface area contributed by atoms with Crippen molar-refractivity contribution in [3.05, 3.63) is 64.1 Å². The van der Waals surface area contributed by atoms with Crippen LogP contribution in [0.25, 0.3) is 0 Å². The lowest BCUT2D eigenvalue weighted by atomic mass is 10.1. The normalized spacial score (nSPS) is 12.3. The number of rotatable bonds is 12. The first-order valence-corrected chi connectivity index (χ1v) is 14.4. The van der Waals surface area contributed by atoms with Gasteiger partial charge in [0.05, 0.1) is 11.9 Å². The smallest absolute Gasteiger partial charge is 0.242 e. The number of hydrogen-bond donors (Lipinski definition) is 1. The molecule has 0 aromatic heterocycles. The molecule has 1 N–H and O–H groups in total. The predicted molar refractivity (Wildman–Crippen MR) is 145 cm³/mol. The topological polar surface area (TPSA) is 86.8 Å². The number of aryl methyl sites for hydroxylation is 1. The van der Waals surface area contributed by atoms with Crippen LogP contribution in [0.15, 0.2) is 53.0 Å². The van der Waals surface area contributed by atoms with Gasteiger partial charge in [0, 0.05) is 30.5 Å². The summed E-state index contributed by atoms with van der Waals surface area (Å²) >= 11 is 3.42.